The van der Waals surface area contributed by atoms with Crippen molar-refractivity contribution in [2.24, 2.45) is 11.8 Å². The molecule has 1 heterocycles. The van der Waals surface area contributed by atoms with E-state index in [-0.39, 0.29) is 5.91 Å². The Morgan fingerprint density at radius 1 is 1.22 bits per heavy atom. The molecule has 1 aromatic carbocycles. The third kappa shape index (κ3) is 3.75. The van der Waals surface area contributed by atoms with E-state index in [1.807, 2.05) is 30.3 Å². The summed E-state index contributed by atoms with van der Waals surface area (Å²) in [6.45, 7) is 0. The molecule has 0 saturated heterocycles. The number of nitrogens with zero attached hydrogens (tertiary/aromatic N) is 3. The van der Waals surface area contributed by atoms with Crippen molar-refractivity contribution in [1.82, 2.24) is 20.1 Å². The van der Waals surface area contributed by atoms with Gasteiger partial charge in [-0.3, -0.25) is 4.79 Å². The minimum absolute atomic E-state index is 0.106. The fraction of sp³-hybridized carbons (Fsp3) is 0.471. The van der Waals surface area contributed by atoms with Crippen molar-refractivity contribution in [1.29, 1.82) is 0 Å². The largest absolute Gasteiger partial charge is 0.352 e. The number of thioether (sulfide) groups is 1. The molecular formula is C17H20N4OS. The van der Waals surface area contributed by atoms with Crippen molar-refractivity contribution < 1.29 is 4.79 Å². The van der Waals surface area contributed by atoms with E-state index < -0.39 is 0 Å². The summed E-state index contributed by atoms with van der Waals surface area (Å²) in [4.78, 5) is 16.4. The van der Waals surface area contributed by atoms with Crippen molar-refractivity contribution >= 4 is 17.7 Å². The third-order valence-electron chi connectivity index (χ3n) is 4.41. The summed E-state index contributed by atoms with van der Waals surface area (Å²) in [6.07, 6.45) is 6.79. The van der Waals surface area contributed by atoms with Crippen LogP contribution < -0.4 is 5.32 Å². The van der Waals surface area contributed by atoms with Crippen LogP contribution in [0.1, 0.15) is 25.7 Å². The summed E-state index contributed by atoms with van der Waals surface area (Å²) >= 11 is 1.40. The van der Waals surface area contributed by atoms with Crippen LogP contribution in [0.15, 0.2) is 41.8 Å². The van der Waals surface area contributed by atoms with Crippen LogP contribution in [0.2, 0.25) is 0 Å². The summed E-state index contributed by atoms with van der Waals surface area (Å²) in [7, 11) is 0. The van der Waals surface area contributed by atoms with E-state index in [0.717, 1.165) is 17.5 Å². The Morgan fingerprint density at radius 2 is 1.91 bits per heavy atom. The molecule has 4 rings (SSSR count). The van der Waals surface area contributed by atoms with E-state index >= 15 is 0 Å². The zero-order chi connectivity index (χ0) is 15.6. The molecule has 6 heteroatoms. The number of benzene rings is 1. The van der Waals surface area contributed by atoms with Crippen LogP contribution >= 0.6 is 11.8 Å². The molecule has 120 valence electrons. The SMILES string of the molecule is O=C(CSc1ncn(-c2ccccc2)n1)NC(C1CC1)C1CC1. The summed E-state index contributed by atoms with van der Waals surface area (Å²) in [5.74, 6) is 1.95. The van der Waals surface area contributed by atoms with Gasteiger partial charge in [0.05, 0.1) is 11.4 Å². The maximum absolute atomic E-state index is 12.2. The van der Waals surface area contributed by atoms with Crippen LogP contribution in [0, 0.1) is 11.8 Å². The number of para-hydroxylation sites is 1. The highest BCUT2D eigenvalue weighted by Crippen LogP contribution is 2.44. The van der Waals surface area contributed by atoms with Gasteiger partial charge in [-0.05, 0) is 49.7 Å². The number of amides is 1. The van der Waals surface area contributed by atoms with Gasteiger partial charge < -0.3 is 5.32 Å². The molecule has 5 nitrogen and oxygen atoms in total. The number of nitrogens with one attached hydrogen (secondary N) is 1. The molecule has 1 aromatic heterocycles. The molecule has 0 spiro atoms. The number of carbonyl (C=O) groups is 1. The molecule has 0 aliphatic heterocycles. The smallest absolute Gasteiger partial charge is 0.230 e. The maximum Gasteiger partial charge on any atom is 0.230 e. The van der Waals surface area contributed by atoms with Crippen LogP contribution in [0.5, 0.6) is 0 Å². The quantitative estimate of drug-likeness (QED) is 0.794. The van der Waals surface area contributed by atoms with Crippen molar-refractivity contribution in [2.45, 2.75) is 36.9 Å². The Morgan fingerprint density at radius 3 is 2.57 bits per heavy atom. The van der Waals surface area contributed by atoms with Gasteiger partial charge in [-0.1, -0.05) is 30.0 Å². The number of carbonyl (C=O) groups excluding carboxylic acids is 1. The van der Waals surface area contributed by atoms with Gasteiger partial charge in [-0.15, -0.1) is 5.10 Å². The van der Waals surface area contributed by atoms with E-state index in [1.165, 1.54) is 37.4 Å². The zero-order valence-corrected chi connectivity index (χ0v) is 13.7. The van der Waals surface area contributed by atoms with Gasteiger partial charge in [0, 0.05) is 6.04 Å². The number of hydrogen-bond donors (Lipinski definition) is 1. The van der Waals surface area contributed by atoms with Crippen LogP contribution in [-0.2, 0) is 4.79 Å². The van der Waals surface area contributed by atoms with E-state index in [2.05, 4.69) is 15.4 Å². The van der Waals surface area contributed by atoms with Crippen molar-refractivity contribution in [3.05, 3.63) is 36.7 Å². The van der Waals surface area contributed by atoms with Gasteiger partial charge >= 0.3 is 0 Å². The first-order valence-corrected chi connectivity index (χ1v) is 9.17. The molecule has 0 radical (unpaired) electrons. The van der Waals surface area contributed by atoms with Crippen LogP contribution in [0.25, 0.3) is 5.69 Å². The molecule has 0 bridgehead atoms. The lowest BCUT2D eigenvalue weighted by molar-refractivity contribution is -0.119. The molecule has 2 aliphatic rings. The third-order valence-corrected chi connectivity index (χ3v) is 5.26. The van der Waals surface area contributed by atoms with Crippen LogP contribution in [0.3, 0.4) is 0 Å². The van der Waals surface area contributed by atoms with Crippen molar-refractivity contribution in [3.63, 3.8) is 0 Å². The average Bonchev–Trinajstić information content (AvgIpc) is 3.50. The first-order chi connectivity index (χ1) is 11.3. The second kappa shape index (κ2) is 6.35. The Kier molecular flexibility index (Phi) is 4.08. The predicted octanol–water partition coefficient (Wildman–Crippen LogP) is 2.66. The molecule has 2 aromatic rings. The van der Waals surface area contributed by atoms with Gasteiger partial charge in [0.2, 0.25) is 11.1 Å². The predicted molar refractivity (Wildman–Crippen MR) is 89.5 cm³/mol. The molecule has 2 saturated carbocycles. The fourth-order valence-corrected chi connectivity index (χ4v) is 3.52. The van der Waals surface area contributed by atoms with Crippen LogP contribution in [-0.4, -0.2) is 32.5 Å². The lowest BCUT2D eigenvalue weighted by atomic mass is 10.1. The standard InChI is InChI=1S/C17H20N4OS/c22-15(19-16(12-6-7-12)13-8-9-13)10-23-17-18-11-21(20-17)14-4-2-1-3-5-14/h1-5,11-13,16H,6-10H2,(H,19,22). The molecule has 23 heavy (non-hydrogen) atoms. The molecule has 2 aliphatic carbocycles. The van der Waals surface area contributed by atoms with Crippen molar-refractivity contribution in [2.75, 3.05) is 5.75 Å². The minimum Gasteiger partial charge on any atom is -0.352 e. The van der Waals surface area contributed by atoms with E-state index in [9.17, 15) is 4.79 Å². The van der Waals surface area contributed by atoms with Gasteiger partial charge in [-0.2, -0.15) is 0 Å². The van der Waals surface area contributed by atoms with Crippen LogP contribution in [0.4, 0.5) is 0 Å². The minimum atomic E-state index is 0.106. The normalized spacial score (nSPS) is 17.4. The Balaban J connectivity index is 1.30. The Bertz CT molecular complexity index is 667. The average molecular weight is 328 g/mol. The topological polar surface area (TPSA) is 59.8 Å². The number of hydrogen-bond acceptors (Lipinski definition) is 4. The first-order valence-electron chi connectivity index (χ1n) is 8.19. The van der Waals surface area contributed by atoms with Crippen molar-refractivity contribution in [3.8, 4) is 5.69 Å². The van der Waals surface area contributed by atoms with E-state index in [4.69, 9.17) is 0 Å². The lowest BCUT2D eigenvalue weighted by Gasteiger charge is -2.17. The number of rotatable bonds is 7. The highest BCUT2D eigenvalue weighted by molar-refractivity contribution is 7.99. The zero-order valence-electron chi connectivity index (χ0n) is 12.9. The molecule has 2 fully saturated rings. The Labute approximate surface area is 139 Å². The molecule has 0 atom stereocenters. The molecule has 1 amide bonds. The first kappa shape index (κ1) is 14.8. The Hall–Kier alpha value is -1.82. The lowest BCUT2D eigenvalue weighted by Crippen LogP contribution is -2.39. The van der Waals surface area contributed by atoms with Gasteiger partial charge in [0.25, 0.3) is 0 Å². The van der Waals surface area contributed by atoms with Gasteiger partial charge in [0.1, 0.15) is 6.33 Å². The van der Waals surface area contributed by atoms with Gasteiger partial charge in [-0.25, -0.2) is 9.67 Å². The highest BCUT2D eigenvalue weighted by Gasteiger charge is 2.42. The fourth-order valence-electron chi connectivity index (χ4n) is 2.91. The molecular weight excluding hydrogens is 308 g/mol. The summed E-state index contributed by atoms with van der Waals surface area (Å²) in [5.41, 5.74) is 0.971. The molecule has 1 N–H and O–H groups in total. The highest BCUT2D eigenvalue weighted by atomic mass is 32.2. The monoisotopic (exact) mass is 328 g/mol. The summed E-state index contributed by atoms with van der Waals surface area (Å²) in [6, 6.07) is 10.3. The van der Waals surface area contributed by atoms with Gasteiger partial charge in [0.15, 0.2) is 0 Å². The maximum atomic E-state index is 12.2. The second-order valence-corrected chi connectivity index (χ2v) is 7.31. The van der Waals surface area contributed by atoms with E-state index in [1.54, 1.807) is 11.0 Å². The second-order valence-electron chi connectivity index (χ2n) is 6.36. The molecule has 0 unspecified atom stereocenters. The summed E-state index contributed by atoms with van der Waals surface area (Å²) in [5, 5.41) is 8.28. The number of aromatic nitrogens is 3. The van der Waals surface area contributed by atoms with E-state index in [0.29, 0.717) is 17.0 Å². The summed E-state index contributed by atoms with van der Waals surface area (Å²) < 4.78 is 1.73.